The highest BCUT2D eigenvalue weighted by Crippen LogP contribution is 2.51. The van der Waals surface area contributed by atoms with Crippen LogP contribution in [0.4, 0.5) is 4.79 Å². The molecular weight excluding hydrogens is 753 g/mol. The fourth-order valence-corrected chi connectivity index (χ4v) is 11.7. The van der Waals surface area contributed by atoms with E-state index < -0.39 is 48.3 Å². The monoisotopic (exact) mass is 795 g/mol. The van der Waals surface area contributed by atoms with Crippen molar-refractivity contribution in [2.75, 3.05) is 13.2 Å². The first-order valence-electron chi connectivity index (χ1n) is 18.7. The quantitative estimate of drug-likeness (QED) is 0.0397. The van der Waals surface area contributed by atoms with Crippen molar-refractivity contribution in [3.8, 4) is 0 Å². The van der Waals surface area contributed by atoms with Crippen LogP contribution in [0.2, 0.25) is 0 Å². The second kappa shape index (κ2) is 16.5. The number of ether oxygens (including phenoxy) is 3. The maximum Gasteiger partial charge on any atom is 0.508 e. The third kappa shape index (κ3) is 6.84. The van der Waals surface area contributed by atoms with Crippen molar-refractivity contribution in [2.45, 2.75) is 32.6 Å². The minimum absolute atomic E-state index is 0.0136. The van der Waals surface area contributed by atoms with Gasteiger partial charge in [0.05, 0.1) is 17.7 Å². The zero-order valence-electron chi connectivity index (χ0n) is 32.1. The van der Waals surface area contributed by atoms with Gasteiger partial charge in [0.15, 0.2) is 5.78 Å². The smallest absolute Gasteiger partial charge is 0.458 e. The van der Waals surface area contributed by atoms with Gasteiger partial charge in [-0.2, -0.15) is 0 Å². The molecule has 1 saturated heterocycles. The second-order valence-electron chi connectivity index (χ2n) is 14.1. The number of carbonyl (C=O) groups is 4. The molecule has 2 heterocycles. The number of benzene rings is 5. The van der Waals surface area contributed by atoms with Gasteiger partial charge in [0, 0.05) is 16.7 Å². The van der Waals surface area contributed by atoms with Gasteiger partial charge in [-0.25, -0.2) is 9.59 Å². The molecule has 1 aromatic heterocycles. The Hall–Kier alpha value is -6.48. The van der Waals surface area contributed by atoms with E-state index >= 15 is 9.59 Å². The zero-order chi connectivity index (χ0) is 41.0. The molecule has 58 heavy (non-hydrogen) atoms. The lowest BCUT2D eigenvalue weighted by atomic mass is 9.66. The van der Waals surface area contributed by atoms with Crippen molar-refractivity contribution in [1.29, 1.82) is 0 Å². The Morgan fingerprint density at radius 2 is 1.45 bits per heavy atom. The van der Waals surface area contributed by atoms with Crippen molar-refractivity contribution in [2.24, 2.45) is 5.41 Å². The number of aliphatic hydroxyl groups is 1. The van der Waals surface area contributed by atoms with Crippen LogP contribution in [-0.4, -0.2) is 65.1 Å². The van der Waals surface area contributed by atoms with Crippen LogP contribution in [0.3, 0.4) is 0 Å². The van der Waals surface area contributed by atoms with Crippen molar-refractivity contribution in [1.82, 2.24) is 4.90 Å². The van der Waals surface area contributed by atoms with Gasteiger partial charge < -0.3 is 28.6 Å². The Labute approximate surface area is 335 Å². The Morgan fingerprint density at radius 3 is 2.10 bits per heavy atom. The second-order valence-corrected chi connectivity index (χ2v) is 17.2. The lowest BCUT2D eigenvalue weighted by molar-refractivity contribution is -0.168. The van der Waals surface area contributed by atoms with E-state index in [1.807, 2.05) is 84.9 Å². The summed E-state index contributed by atoms with van der Waals surface area (Å²) in [5.41, 5.74) is 0.402. The summed E-state index contributed by atoms with van der Waals surface area (Å²) in [6.07, 6.45) is 0.727. The van der Waals surface area contributed by atoms with Crippen LogP contribution < -0.4 is 15.9 Å². The van der Waals surface area contributed by atoms with Crippen LogP contribution in [-0.2, 0) is 25.6 Å². The number of likely N-dealkylation sites (tertiary alicyclic amines) is 1. The van der Waals surface area contributed by atoms with Gasteiger partial charge in [-0.15, -0.1) is 0 Å². The number of ketones is 1. The van der Waals surface area contributed by atoms with Gasteiger partial charge in [0.25, 0.3) is 0 Å². The molecule has 0 aliphatic carbocycles. The molecule has 0 saturated carbocycles. The van der Waals surface area contributed by atoms with Gasteiger partial charge in [-0.1, -0.05) is 122 Å². The van der Waals surface area contributed by atoms with Crippen molar-refractivity contribution < 1.29 is 42.9 Å². The first-order valence-corrected chi connectivity index (χ1v) is 20.6. The highest BCUT2D eigenvalue weighted by Gasteiger charge is 2.65. The molecule has 294 valence electrons. The number of nitrogens with zero attached hydrogens (tertiary/aromatic N) is 1. The van der Waals surface area contributed by atoms with Crippen molar-refractivity contribution >= 4 is 74.5 Å². The van der Waals surface area contributed by atoms with E-state index in [1.54, 1.807) is 56.2 Å². The average Bonchev–Trinajstić information content (AvgIpc) is 3.64. The maximum absolute atomic E-state index is 15.4. The minimum atomic E-state index is -3.20. The molecule has 1 amide bonds. The predicted octanol–water partition coefficient (Wildman–Crippen LogP) is 7.30. The van der Waals surface area contributed by atoms with Crippen molar-refractivity contribution in [3.05, 3.63) is 163 Å². The standard InChI is InChI=1S/C47H42NO9P/c1-5-26-54-44(51)36-20-13-14-23-40(36)58(33-16-9-7-10-17-33,34-18-11-8-12-19-34)30-48-43(47(4,45(48)52)31(3)56-46(53)55-27-6-2)41(50)37-22-15-21-35-38-28-32(29-49)24-25-39(38)57-42(35)37/h5-25,28,30-31,43,49H,1-2,26-27,29H2,3-4H3/t31-,43+,47-/m1/s1. The number of para-hydroxylation sites is 1. The third-order valence-corrected chi connectivity index (χ3v) is 14.7. The number of esters is 1. The van der Waals surface area contributed by atoms with E-state index in [4.69, 9.17) is 18.6 Å². The summed E-state index contributed by atoms with van der Waals surface area (Å²) in [5.74, 6) is 0.285. The summed E-state index contributed by atoms with van der Waals surface area (Å²) in [4.78, 5) is 58.5. The van der Waals surface area contributed by atoms with Crippen molar-refractivity contribution in [3.63, 3.8) is 0 Å². The van der Waals surface area contributed by atoms with Gasteiger partial charge in [0.1, 0.15) is 41.9 Å². The maximum atomic E-state index is 15.4. The Bertz CT molecular complexity index is 2570. The molecule has 1 N–H and O–H groups in total. The molecule has 10 nitrogen and oxygen atoms in total. The molecule has 0 radical (unpaired) electrons. The zero-order valence-corrected chi connectivity index (χ0v) is 33.0. The van der Waals surface area contributed by atoms with E-state index in [-0.39, 0.29) is 30.9 Å². The molecule has 0 bridgehead atoms. The molecular formula is C47H42NO9P. The van der Waals surface area contributed by atoms with Crippen LogP contribution in [0.5, 0.6) is 0 Å². The topological polar surface area (TPSA) is 133 Å². The Kier molecular flexibility index (Phi) is 11.3. The summed E-state index contributed by atoms with van der Waals surface area (Å²) >= 11 is 0. The van der Waals surface area contributed by atoms with E-state index in [9.17, 15) is 14.7 Å². The molecule has 5 aromatic carbocycles. The fourth-order valence-electron chi connectivity index (χ4n) is 7.66. The fraction of sp³-hybridized carbons (Fsp3) is 0.170. The summed E-state index contributed by atoms with van der Waals surface area (Å²) < 4.78 is 22.7. The third-order valence-electron chi connectivity index (χ3n) is 10.7. The summed E-state index contributed by atoms with van der Waals surface area (Å²) in [7, 11) is 0. The highest BCUT2D eigenvalue weighted by atomic mass is 31.2. The molecule has 7 rings (SSSR count). The molecule has 0 spiro atoms. The molecule has 1 aliphatic rings. The summed E-state index contributed by atoms with van der Waals surface area (Å²) in [6, 6.07) is 35.5. The van der Waals surface area contributed by atoms with Crippen LogP contribution in [0.25, 0.3) is 21.9 Å². The van der Waals surface area contributed by atoms with Crippen LogP contribution in [0, 0.1) is 5.41 Å². The number of β-lactam (4-membered cyclic amide) rings is 1. The number of furan rings is 1. The summed E-state index contributed by atoms with van der Waals surface area (Å²) in [6.45, 7) is 6.93. The Morgan fingerprint density at radius 1 is 0.828 bits per heavy atom. The number of hydrogen-bond acceptors (Lipinski definition) is 9. The first kappa shape index (κ1) is 39.7. The van der Waals surface area contributed by atoms with E-state index in [2.05, 4.69) is 13.2 Å². The molecule has 0 unspecified atom stereocenters. The van der Waals surface area contributed by atoms with E-state index in [0.717, 1.165) is 10.6 Å². The van der Waals surface area contributed by atoms with Gasteiger partial charge >= 0.3 is 12.1 Å². The number of Topliss-reactive ketones (excluding diaryl/α,β-unsaturated/α-hetero) is 1. The normalized spacial score (nSPS) is 16.9. The lowest BCUT2D eigenvalue weighted by Crippen LogP contribution is -2.74. The first-order chi connectivity index (χ1) is 28.1. The molecule has 6 aromatic rings. The number of amides is 1. The van der Waals surface area contributed by atoms with Crippen LogP contribution >= 0.6 is 6.89 Å². The number of aliphatic hydroxyl groups excluding tert-OH is 1. The number of hydrogen-bond donors (Lipinski definition) is 1. The van der Waals surface area contributed by atoms with E-state index in [1.165, 1.54) is 17.1 Å². The van der Waals surface area contributed by atoms with Crippen LogP contribution in [0.1, 0.15) is 40.1 Å². The predicted molar refractivity (Wildman–Crippen MR) is 226 cm³/mol. The highest BCUT2D eigenvalue weighted by molar-refractivity contribution is 7.94. The average molecular weight is 796 g/mol. The Balaban J connectivity index is 1.50. The van der Waals surface area contributed by atoms with E-state index in [0.29, 0.717) is 32.8 Å². The number of fused-ring (bicyclic) bond motifs is 3. The van der Waals surface area contributed by atoms with Gasteiger partial charge in [0.2, 0.25) is 5.91 Å². The minimum Gasteiger partial charge on any atom is -0.458 e. The molecule has 11 heteroatoms. The molecule has 1 aliphatic heterocycles. The largest absolute Gasteiger partial charge is 0.508 e. The number of rotatable bonds is 14. The SMILES string of the molecule is C=CCOC(=O)O[C@H](C)[C@@]1(C)C(=O)N(C=P(c2ccccc2)(c2ccccc2)c2ccccc2C(=O)OCC=C)[C@H]1C(=O)c1cccc2c1oc1ccc(CO)cc12. The molecule has 3 atom stereocenters. The number of carbonyl (C=O) groups excluding carboxylic acids is 4. The summed E-state index contributed by atoms with van der Waals surface area (Å²) in [5, 5.41) is 13.4. The lowest BCUT2D eigenvalue weighted by Gasteiger charge is -2.54. The van der Waals surface area contributed by atoms with Gasteiger partial charge in [-0.3, -0.25) is 9.59 Å². The van der Waals surface area contributed by atoms with Gasteiger partial charge in [-0.05, 0) is 66.5 Å². The molecule has 1 fully saturated rings. The van der Waals surface area contributed by atoms with Crippen LogP contribution in [0.15, 0.2) is 151 Å².